The lowest BCUT2D eigenvalue weighted by molar-refractivity contribution is 1.28. The summed E-state index contributed by atoms with van der Waals surface area (Å²) in [5, 5.41) is 0. The van der Waals surface area contributed by atoms with E-state index in [2.05, 4.69) is 62.9 Å². The maximum atomic E-state index is 4.53. The number of hydrogen-bond acceptors (Lipinski definition) is 1. The van der Waals surface area contributed by atoms with Gasteiger partial charge in [-0.25, -0.2) is 0 Å². The van der Waals surface area contributed by atoms with Gasteiger partial charge in [0.15, 0.2) is 0 Å². The zero-order valence-electron chi connectivity index (χ0n) is 8.99. The van der Waals surface area contributed by atoms with Crippen molar-refractivity contribution in [3.63, 3.8) is 0 Å². The summed E-state index contributed by atoms with van der Waals surface area (Å²) in [6.07, 6.45) is 0. The second-order valence-electron chi connectivity index (χ2n) is 3.77. The summed E-state index contributed by atoms with van der Waals surface area (Å²) in [5.74, 6) is 0. The summed E-state index contributed by atoms with van der Waals surface area (Å²) >= 11 is 4.53. The molecule has 0 N–H and O–H groups in total. The van der Waals surface area contributed by atoms with E-state index in [9.17, 15) is 0 Å². The summed E-state index contributed by atoms with van der Waals surface area (Å²) < 4.78 is 0. The predicted octanol–water partition coefficient (Wildman–Crippen LogP) is 4.26. The average molecular weight is 214 g/mol. The average Bonchev–Trinajstić information content (AvgIpc) is 2.26. The van der Waals surface area contributed by atoms with Crippen molar-refractivity contribution >= 4 is 12.6 Å². The van der Waals surface area contributed by atoms with E-state index >= 15 is 0 Å². The van der Waals surface area contributed by atoms with Crippen LogP contribution in [0.1, 0.15) is 11.1 Å². The van der Waals surface area contributed by atoms with Crippen molar-refractivity contribution in [1.82, 2.24) is 0 Å². The van der Waals surface area contributed by atoms with Crippen LogP contribution in [0.4, 0.5) is 0 Å². The predicted molar refractivity (Wildman–Crippen MR) is 68.6 cm³/mol. The molecule has 0 aromatic heterocycles. The van der Waals surface area contributed by atoms with E-state index < -0.39 is 0 Å². The molecule has 0 unspecified atom stereocenters. The Morgan fingerprint density at radius 2 is 1.53 bits per heavy atom. The quantitative estimate of drug-likeness (QED) is 0.674. The third-order valence-electron chi connectivity index (χ3n) is 2.78. The molecule has 76 valence electrons. The molecular formula is C14H14S. The molecule has 0 spiro atoms. The Balaban J connectivity index is 2.68. The Morgan fingerprint density at radius 3 is 2.20 bits per heavy atom. The fourth-order valence-corrected chi connectivity index (χ4v) is 2.14. The largest absolute Gasteiger partial charge is 0.143 e. The molecule has 0 nitrogen and oxygen atoms in total. The first-order valence-corrected chi connectivity index (χ1v) is 5.49. The number of aryl methyl sites for hydroxylation is 1. The van der Waals surface area contributed by atoms with Gasteiger partial charge in [0.05, 0.1) is 0 Å². The van der Waals surface area contributed by atoms with Crippen molar-refractivity contribution < 1.29 is 0 Å². The van der Waals surface area contributed by atoms with E-state index in [0.717, 1.165) is 4.90 Å². The second kappa shape index (κ2) is 4.11. The van der Waals surface area contributed by atoms with E-state index in [1.54, 1.807) is 0 Å². The lowest BCUT2D eigenvalue weighted by Crippen LogP contribution is -1.88. The Morgan fingerprint density at radius 1 is 0.867 bits per heavy atom. The fourth-order valence-electron chi connectivity index (χ4n) is 1.77. The number of benzene rings is 2. The fraction of sp³-hybridized carbons (Fsp3) is 0.143. The van der Waals surface area contributed by atoms with Crippen molar-refractivity contribution in [2.75, 3.05) is 0 Å². The van der Waals surface area contributed by atoms with Crippen molar-refractivity contribution in [3.05, 3.63) is 53.6 Å². The van der Waals surface area contributed by atoms with Crippen LogP contribution < -0.4 is 0 Å². The highest BCUT2D eigenvalue weighted by molar-refractivity contribution is 7.80. The van der Waals surface area contributed by atoms with Gasteiger partial charge in [-0.1, -0.05) is 36.4 Å². The molecule has 0 aliphatic carbocycles. The summed E-state index contributed by atoms with van der Waals surface area (Å²) in [5.41, 5.74) is 5.11. The molecule has 0 bridgehead atoms. The smallest absolute Gasteiger partial charge is 0.0121 e. The molecule has 1 heteroatoms. The molecular weight excluding hydrogens is 200 g/mol. The monoisotopic (exact) mass is 214 g/mol. The van der Waals surface area contributed by atoms with Crippen molar-refractivity contribution in [1.29, 1.82) is 0 Å². The van der Waals surface area contributed by atoms with Crippen LogP contribution in [-0.4, -0.2) is 0 Å². The zero-order valence-corrected chi connectivity index (χ0v) is 9.88. The third kappa shape index (κ3) is 1.93. The van der Waals surface area contributed by atoms with Crippen molar-refractivity contribution in [2.45, 2.75) is 18.7 Å². The van der Waals surface area contributed by atoms with Crippen LogP contribution in [0.5, 0.6) is 0 Å². The van der Waals surface area contributed by atoms with E-state index in [0.29, 0.717) is 0 Å². The molecule has 0 heterocycles. The van der Waals surface area contributed by atoms with E-state index in [4.69, 9.17) is 0 Å². The first kappa shape index (κ1) is 10.3. The number of rotatable bonds is 1. The third-order valence-corrected chi connectivity index (χ3v) is 3.15. The normalized spacial score (nSPS) is 10.3. The molecule has 15 heavy (non-hydrogen) atoms. The summed E-state index contributed by atoms with van der Waals surface area (Å²) in [7, 11) is 0. The van der Waals surface area contributed by atoms with Crippen LogP contribution in [0.25, 0.3) is 11.1 Å². The van der Waals surface area contributed by atoms with E-state index in [1.807, 2.05) is 6.07 Å². The molecule has 0 saturated carbocycles. The van der Waals surface area contributed by atoms with E-state index in [1.165, 1.54) is 22.3 Å². The molecule has 2 aromatic carbocycles. The van der Waals surface area contributed by atoms with Crippen LogP contribution in [0, 0.1) is 13.8 Å². The highest BCUT2D eigenvalue weighted by atomic mass is 32.1. The van der Waals surface area contributed by atoms with Gasteiger partial charge in [-0.3, -0.25) is 0 Å². The molecule has 0 radical (unpaired) electrons. The van der Waals surface area contributed by atoms with Crippen LogP contribution in [-0.2, 0) is 0 Å². The number of thiol groups is 1. The molecule has 2 rings (SSSR count). The molecule has 0 aliphatic heterocycles. The highest BCUT2D eigenvalue weighted by Gasteiger charge is 2.07. The second-order valence-corrected chi connectivity index (χ2v) is 4.25. The Bertz CT molecular complexity index is 472. The minimum absolute atomic E-state index is 1.05. The summed E-state index contributed by atoms with van der Waals surface area (Å²) in [6.45, 7) is 4.28. The van der Waals surface area contributed by atoms with Crippen LogP contribution in [0.2, 0.25) is 0 Å². The zero-order chi connectivity index (χ0) is 10.8. The van der Waals surface area contributed by atoms with Gasteiger partial charge < -0.3 is 0 Å². The first-order chi connectivity index (χ1) is 7.20. The van der Waals surface area contributed by atoms with Gasteiger partial charge in [-0.05, 0) is 42.2 Å². The minimum atomic E-state index is 1.05. The topological polar surface area (TPSA) is 0 Å². The lowest BCUT2D eigenvalue weighted by Gasteiger charge is -2.11. The van der Waals surface area contributed by atoms with E-state index in [-0.39, 0.29) is 0 Å². The molecule has 0 atom stereocenters. The first-order valence-electron chi connectivity index (χ1n) is 5.04. The van der Waals surface area contributed by atoms with Gasteiger partial charge in [0, 0.05) is 4.90 Å². The van der Waals surface area contributed by atoms with Crippen molar-refractivity contribution in [2.24, 2.45) is 0 Å². The van der Waals surface area contributed by atoms with Gasteiger partial charge in [-0.15, -0.1) is 12.6 Å². The SMILES string of the molecule is Cc1ccc(S)c(-c2ccccc2)c1C. The van der Waals surface area contributed by atoms with Crippen LogP contribution in [0.3, 0.4) is 0 Å². The van der Waals surface area contributed by atoms with Gasteiger partial charge >= 0.3 is 0 Å². The molecule has 0 saturated heterocycles. The van der Waals surface area contributed by atoms with Gasteiger partial charge in [-0.2, -0.15) is 0 Å². The van der Waals surface area contributed by atoms with Crippen LogP contribution in [0.15, 0.2) is 47.4 Å². The van der Waals surface area contributed by atoms with Gasteiger partial charge in [0.2, 0.25) is 0 Å². The Kier molecular flexibility index (Phi) is 2.83. The standard InChI is InChI=1S/C14H14S/c1-10-8-9-13(15)14(11(10)2)12-6-4-3-5-7-12/h3-9,15H,1-2H3. The Hall–Kier alpha value is -1.21. The molecule has 0 fully saturated rings. The van der Waals surface area contributed by atoms with Gasteiger partial charge in [0.1, 0.15) is 0 Å². The number of hydrogen-bond donors (Lipinski definition) is 1. The Labute approximate surface area is 96.4 Å². The molecule has 0 amide bonds. The minimum Gasteiger partial charge on any atom is -0.143 e. The summed E-state index contributed by atoms with van der Waals surface area (Å²) in [6, 6.07) is 14.6. The van der Waals surface area contributed by atoms with Gasteiger partial charge in [0.25, 0.3) is 0 Å². The lowest BCUT2D eigenvalue weighted by atomic mass is 9.97. The van der Waals surface area contributed by atoms with Crippen molar-refractivity contribution in [3.8, 4) is 11.1 Å². The maximum Gasteiger partial charge on any atom is 0.0121 e. The molecule has 2 aromatic rings. The summed E-state index contributed by atoms with van der Waals surface area (Å²) in [4.78, 5) is 1.05. The maximum absolute atomic E-state index is 4.53. The van der Waals surface area contributed by atoms with Crippen LogP contribution >= 0.6 is 12.6 Å². The highest BCUT2D eigenvalue weighted by Crippen LogP contribution is 2.31. The molecule has 0 aliphatic rings.